The molecule has 0 unspecified atom stereocenters. The smallest absolute Gasteiger partial charge is 0.271 e. The van der Waals surface area contributed by atoms with Crippen molar-refractivity contribution < 1.29 is 9.21 Å². The standard InChI is InChI=1S/C18H16N4O2S/c1-22-14(16-7-4-10-25-16)11-13(21-22)18(23)19-9-8-17-20-12-5-2-3-6-15(12)24-17/h2-7,10-11H,8-9H2,1H3,(H,19,23). The molecule has 0 saturated carbocycles. The average molecular weight is 352 g/mol. The SMILES string of the molecule is Cn1nc(C(=O)NCCc2nc3ccccc3o2)cc1-c1cccs1. The van der Waals surface area contributed by atoms with Crippen molar-refractivity contribution in [3.63, 3.8) is 0 Å². The van der Waals surface area contributed by atoms with E-state index in [9.17, 15) is 4.79 Å². The van der Waals surface area contributed by atoms with Crippen LogP contribution in [0.25, 0.3) is 21.7 Å². The molecule has 4 aromatic rings. The first-order valence-corrected chi connectivity index (χ1v) is 8.79. The van der Waals surface area contributed by atoms with Crippen LogP contribution >= 0.6 is 11.3 Å². The predicted octanol–water partition coefficient (Wildman–Crippen LogP) is 3.26. The van der Waals surface area contributed by atoms with Crippen LogP contribution in [0.5, 0.6) is 0 Å². The molecule has 1 amide bonds. The molecule has 25 heavy (non-hydrogen) atoms. The van der Waals surface area contributed by atoms with Gasteiger partial charge in [0.25, 0.3) is 5.91 Å². The van der Waals surface area contributed by atoms with Crippen molar-refractivity contribution in [3.05, 3.63) is 59.4 Å². The number of benzene rings is 1. The van der Waals surface area contributed by atoms with Crippen molar-refractivity contribution in [1.82, 2.24) is 20.1 Å². The van der Waals surface area contributed by atoms with E-state index in [0.29, 0.717) is 24.6 Å². The molecule has 4 rings (SSSR count). The van der Waals surface area contributed by atoms with Gasteiger partial charge in [-0.05, 0) is 29.6 Å². The minimum Gasteiger partial charge on any atom is -0.441 e. The number of amides is 1. The third-order valence-electron chi connectivity index (χ3n) is 3.85. The molecule has 0 aliphatic rings. The fourth-order valence-corrected chi connectivity index (χ4v) is 3.41. The van der Waals surface area contributed by atoms with Crippen LogP contribution in [-0.4, -0.2) is 27.2 Å². The largest absolute Gasteiger partial charge is 0.441 e. The van der Waals surface area contributed by atoms with Crippen LogP contribution < -0.4 is 5.32 Å². The lowest BCUT2D eigenvalue weighted by Gasteiger charge is -2.00. The lowest BCUT2D eigenvalue weighted by Crippen LogP contribution is -2.26. The van der Waals surface area contributed by atoms with E-state index in [1.165, 1.54) is 0 Å². The summed E-state index contributed by atoms with van der Waals surface area (Å²) in [7, 11) is 1.84. The number of nitrogens with zero attached hydrogens (tertiary/aromatic N) is 3. The molecule has 0 bridgehead atoms. The molecule has 6 nitrogen and oxygen atoms in total. The zero-order valence-electron chi connectivity index (χ0n) is 13.6. The summed E-state index contributed by atoms with van der Waals surface area (Å²) in [4.78, 5) is 17.8. The zero-order chi connectivity index (χ0) is 17.2. The number of hydrogen-bond donors (Lipinski definition) is 1. The van der Waals surface area contributed by atoms with Crippen molar-refractivity contribution in [3.8, 4) is 10.6 Å². The number of thiophene rings is 1. The zero-order valence-corrected chi connectivity index (χ0v) is 14.4. The second-order valence-corrected chi connectivity index (χ2v) is 6.54. The number of carbonyl (C=O) groups is 1. The van der Waals surface area contributed by atoms with E-state index < -0.39 is 0 Å². The Balaban J connectivity index is 1.40. The van der Waals surface area contributed by atoms with E-state index in [0.717, 1.165) is 21.7 Å². The molecule has 0 saturated heterocycles. The van der Waals surface area contributed by atoms with Gasteiger partial charge >= 0.3 is 0 Å². The Bertz CT molecular complexity index is 984. The number of hydrogen-bond acceptors (Lipinski definition) is 5. The molecular formula is C18H16N4O2S. The normalized spacial score (nSPS) is 11.1. The van der Waals surface area contributed by atoms with Gasteiger partial charge in [-0.2, -0.15) is 5.10 Å². The third-order valence-corrected chi connectivity index (χ3v) is 4.74. The molecule has 1 aromatic carbocycles. The summed E-state index contributed by atoms with van der Waals surface area (Å²) in [6.07, 6.45) is 0.533. The third kappa shape index (κ3) is 3.18. The van der Waals surface area contributed by atoms with Gasteiger partial charge in [0.2, 0.25) is 0 Å². The molecule has 0 spiro atoms. The summed E-state index contributed by atoms with van der Waals surface area (Å²) in [6.45, 7) is 0.441. The number of oxazole rings is 1. The monoisotopic (exact) mass is 352 g/mol. The summed E-state index contributed by atoms with van der Waals surface area (Å²) < 4.78 is 7.37. The Kier molecular flexibility index (Phi) is 4.07. The summed E-state index contributed by atoms with van der Waals surface area (Å²) in [5.74, 6) is 0.413. The van der Waals surface area contributed by atoms with E-state index in [1.54, 1.807) is 22.1 Å². The summed E-state index contributed by atoms with van der Waals surface area (Å²) in [6, 6.07) is 13.4. The first kappa shape index (κ1) is 15.6. The van der Waals surface area contributed by atoms with Crippen molar-refractivity contribution in [2.45, 2.75) is 6.42 Å². The van der Waals surface area contributed by atoms with Crippen molar-refractivity contribution in [1.29, 1.82) is 0 Å². The molecule has 0 radical (unpaired) electrons. The maximum atomic E-state index is 12.3. The highest BCUT2D eigenvalue weighted by molar-refractivity contribution is 7.13. The van der Waals surface area contributed by atoms with Crippen LogP contribution in [-0.2, 0) is 13.5 Å². The fourth-order valence-electron chi connectivity index (χ4n) is 2.63. The lowest BCUT2D eigenvalue weighted by molar-refractivity contribution is 0.0948. The van der Waals surface area contributed by atoms with E-state index >= 15 is 0 Å². The van der Waals surface area contributed by atoms with Crippen molar-refractivity contribution in [2.24, 2.45) is 7.05 Å². The number of rotatable bonds is 5. The Hall–Kier alpha value is -2.93. The molecule has 7 heteroatoms. The second kappa shape index (κ2) is 6.52. The van der Waals surface area contributed by atoms with Crippen LogP contribution in [0, 0.1) is 0 Å². The molecule has 0 fully saturated rings. The number of nitrogens with one attached hydrogen (secondary N) is 1. The predicted molar refractivity (Wildman–Crippen MR) is 96.6 cm³/mol. The number of para-hydroxylation sites is 2. The molecule has 0 atom stereocenters. The highest BCUT2D eigenvalue weighted by Gasteiger charge is 2.14. The summed E-state index contributed by atoms with van der Waals surface area (Å²) in [5, 5.41) is 9.17. The van der Waals surface area contributed by atoms with Crippen LogP contribution in [0.1, 0.15) is 16.4 Å². The number of aromatic nitrogens is 3. The molecule has 126 valence electrons. The van der Waals surface area contributed by atoms with Crippen LogP contribution in [0.2, 0.25) is 0 Å². The highest BCUT2D eigenvalue weighted by Crippen LogP contribution is 2.24. The highest BCUT2D eigenvalue weighted by atomic mass is 32.1. The Morgan fingerprint density at radius 1 is 1.28 bits per heavy atom. The molecule has 1 N–H and O–H groups in total. The van der Waals surface area contributed by atoms with Gasteiger partial charge in [0.1, 0.15) is 5.52 Å². The van der Waals surface area contributed by atoms with E-state index in [2.05, 4.69) is 15.4 Å². The molecule has 3 heterocycles. The average Bonchev–Trinajstić information content (AvgIpc) is 3.33. The fraction of sp³-hybridized carbons (Fsp3) is 0.167. The van der Waals surface area contributed by atoms with Gasteiger partial charge < -0.3 is 9.73 Å². The maximum Gasteiger partial charge on any atom is 0.271 e. The first-order valence-electron chi connectivity index (χ1n) is 7.91. The van der Waals surface area contributed by atoms with Crippen molar-refractivity contribution >= 4 is 28.3 Å². The quantitative estimate of drug-likeness (QED) is 0.598. The van der Waals surface area contributed by atoms with Gasteiger partial charge in [-0.3, -0.25) is 9.48 Å². The van der Waals surface area contributed by atoms with Gasteiger partial charge in [-0.25, -0.2) is 4.98 Å². The van der Waals surface area contributed by atoms with Gasteiger partial charge in [-0.1, -0.05) is 18.2 Å². The minimum absolute atomic E-state index is 0.200. The molecule has 0 aliphatic carbocycles. The molecule has 0 aliphatic heterocycles. The first-order chi connectivity index (χ1) is 12.2. The van der Waals surface area contributed by atoms with E-state index in [-0.39, 0.29) is 5.91 Å². The van der Waals surface area contributed by atoms with E-state index in [4.69, 9.17) is 4.42 Å². The maximum absolute atomic E-state index is 12.3. The van der Waals surface area contributed by atoms with Crippen LogP contribution in [0.4, 0.5) is 0 Å². The summed E-state index contributed by atoms with van der Waals surface area (Å²) >= 11 is 1.62. The number of carbonyl (C=O) groups excluding carboxylic acids is 1. The lowest BCUT2D eigenvalue weighted by atomic mass is 10.3. The number of aryl methyl sites for hydroxylation is 1. The van der Waals surface area contributed by atoms with Gasteiger partial charge in [0.15, 0.2) is 17.2 Å². The van der Waals surface area contributed by atoms with Crippen LogP contribution in [0.3, 0.4) is 0 Å². The van der Waals surface area contributed by atoms with Crippen molar-refractivity contribution in [2.75, 3.05) is 6.54 Å². The van der Waals surface area contributed by atoms with E-state index in [1.807, 2.05) is 48.8 Å². The summed E-state index contributed by atoms with van der Waals surface area (Å²) in [5.41, 5.74) is 2.92. The molecule has 3 aromatic heterocycles. The van der Waals surface area contributed by atoms with Gasteiger partial charge in [0.05, 0.1) is 10.6 Å². The minimum atomic E-state index is -0.200. The molecular weight excluding hydrogens is 336 g/mol. The Morgan fingerprint density at radius 2 is 2.16 bits per heavy atom. The van der Waals surface area contributed by atoms with Gasteiger partial charge in [-0.15, -0.1) is 11.3 Å². The second-order valence-electron chi connectivity index (χ2n) is 5.60. The van der Waals surface area contributed by atoms with Crippen LogP contribution in [0.15, 0.2) is 52.3 Å². The Labute approximate surface area is 148 Å². The van der Waals surface area contributed by atoms with Gasteiger partial charge in [0, 0.05) is 20.0 Å². The Morgan fingerprint density at radius 3 is 2.96 bits per heavy atom. The number of fused-ring (bicyclic) bond motifs is 1. The topological polar surface area (TPSA) is 73.0 Å².